The zero-order valence-corrected chi connectivity index (χ0v) is 41.9. The fourth-order valence-corrected chi connectivity index (χ4v) is 13.8. The maximum absolute atomic E-state index is 6.59. The van der Waals surface area contributed by atoms with Crippen molar-refractivity contribution in [1.29, 1.82) is 0 Å². The lowest BCUT2D eigenvalue weighted by Crippen LogP contribution is -2.33. The predicted octanol–water partition coefficient (Wildman–Crippen LogP) is 19.5. The third-order valence-corrected chi connectivity index (χ3v) is 17.5. The molecule has 3 heteroatoms. The van der Waals surface area contributed by atoms with Gasteiger partial charge in [-0.25, -0.2) is 0 Å². The van der Waals surface area contributed by atoms with E-state index < -0.39 is 5.41 Å². The molecule has 2 aliphatic carbocycles. The van der Waals surface area contributed by atoms with Gasteiger partial charge in [-0.3, -0.25) is 0 Å². The lowest BCUT2D eigenvalue weighted by molar-refractivity contribution is 0.332. The number of rotatable bonds is 7. The van der Waals surface area contributed by atoms with Crippen LogP contribution in [0.5, 0.6) is 0 Å². The minimum Gasteiger partial charge on any atom is -0.456 e. The molecule has 0 amide bonds. The molecule has 2 heterocycles. The van der Waals surface area contributed by atoms with Gasteiger partial charge in [0.15, 0.2) is 0 Å². The van der Waals surface area contributed by atoms with Crippen LogP contribution in [-0.4, -0.2) is 0 Å². The van der Waals surface area contributed by atoms with Gasteiger partial charge >= 0.3 is 0 Å². The van der Waals surface area contributed by atoms with Crippen molar-refractivity contribution in [3.63, 3.8) is 0 Å². The average molecular weight is 944 g/mol. The van der Waals surface area contributed by atoms with E-state index in [-0.39, 0.29) is 10.8 Å². The molecule has 0 saturated heterocycles. The molecule has 72 heavy (non-hydrogen) atoms. The smallest absolute Gasteiger partial charge is 0.137 e. The summed E-state index contributed by atoms with van der Waals surface area (Å²) in [5.74, 6) is 0. The summed E-state index contributed by atoms with van der Waals surface area (Å²) in [5, 5.41) is 4.92. The summed E-state index contributed by atoms with van der Waals surface area (Å²) in [5.41, 5.74) is 20.1. The van der Waals surface area contributed by atoms with Gasteiger partial charge in [0.05, 0.1) is 16.5 Å². The van der Waals surface area contributed by atoms with Gasteiger partial charge in [-0.15, -0.1) is 11.3 Å². The number of para-hydroxylation sites is 1. The Bertz CT molecular complexity index is 4080. The molecule has 2 nitrogen and oxygen atoms in total. The van der Waals surface area contributed by atoms with Crippen molar-refractivity contribution in [1.82, 2.24) is 0 Å². The van der Waals surface area contributed by atoms with E-state index in [1.807, 2.05) is 11.3 Å². The Labute approximate surface area is 425 Å². The van der Waals surface area contributed by atoms with Crippen LogP contribution in [0.3, 0.4) is 0 Å². The minimum atomic E-state index is -0.543. The summed E-state index contributed by atoms with van der Waals surface area (Å²) in [4.78, 5) is 2.46. The van der Waals surface area contributed by atoms with Gasteiger partial charge in [0.25, 0.3) is 0 Å². The van der Waals surface area contributed by atoms with Crippen molar-refractivity contribution in [3.8, 4) is 33.4 Å². The molecule has 14 rings (SSSR count). The quantitative estimate of drug-likeness (QED) is 0.158. The number of furan rings is 1. The Balaban J connectivity index is 0.927. The van der Waals surface area contributed by atoms with E-state index in [1.54, 1.807) is 0 Å². The fraction of sp³-hybridized carbons (Fsp3) is 0.130. The zero-order valence-electron chi connectivity index (χ0n) is 41.0. The van der Waals surface area contributed by atoms with Gasteiger partial charge in [-0.05, 0) is 157 Å². The lowest BCUT2D eigenvalue weighted by atomic mass is 9.63. The van der Waals surface area contributed by atoms with Gasteiger partial charge in [-0.2, -0.15) is 0 Å². The van der Waals surface area contributed by atoms with Crippen molar-refractivity contribution < 1.29 is 4.42 Å². The highest BCUT2D eigenvalue weighted by Crippen LogP contribution is 2.58. The lowest BCUT2D eigenvalue weighted by Gasteiger charge is -2.41. The predicted molar refractivity (Wildman–Crippen MR) is 305 cm³/mol. The molecule has 12 aromatic rings. The van der Waals surface area contributed by atoms with E-state index in [1.165, 1.54) is 94.2 Å². The number of benzene rings is 10. The van der Waals surface area contributed by atoms with Gasteiger partial charge in [-0.1, -0.05) is 185 Å². The summed E-state index contributed by atoms with van der Waals surface area (Å²) in [6.45, 7) is 9.70. The Morgan fingerprint density at radius 2 is 0.972 bits per heavy atom. The first-order chi connectivity index (χ1) is 35.2. The topological polar surface area (TPSA) is 16.4 Å². The summed E-state index contributed by atoms with van der Waals surface area (Å²) in [6, 6.07) is 83.5. The van der Waals surface area contributed by atoms with Crippen molar-refractivity contribution in [2.45, 2.75) is 56.8 Å². The summed E-state index contributed by atoms with van der Waals surface area (Å²) in [7, 11) is 0. The second kappa shape index (κ2) is 16.0. The van der Waals surface area contributed by atoms with Crippen LogP contribution < -0.4 is 4.90 Å². The maximum Gasteiger partial charge on any atom is 0.137 e. The molecular weight excluding hydrogens is 891 g/mol. The third kappa shape index (κ3) is 6.46. The van der Waals surface area contributed by atoms with Crippen LogP contribution in [0.4, 0.5) is 17.1 Å². The Morgan fingerprint density at radius 1 is 0.389 bits per heavy atom. The molecule has 0 fully saturated rings. The van der Waals surface area contributed by atoms with E-state index in [4.69, 9.17) is 4.42 Å². The number of hydrogen-bond acceptors (Lipinski definition) is 3. The van der Waals surface area contributed by atoms with Gasteiger partial charge in [0.2, 0.25) is 0 Å². The van der Waals surface area contributed by atoms with E-state index in [9.17, 15) is 0 Å². The van der Waals surface area contributed by atoms with Crippen LogP contribution in [0, 0.1) is 0 Å². The standard InChI is InChI=1S/C69H53NOS/c1-67(2)36-37-68(3,4)60-43-65-56(42-59(60)67)54-34-32-47(40-64(54)72-65)45-19-15-18-44(38-45)46-20-16-25-50(39-46)70(61-29-17-31-63-66(61)55-27-12-14-30-62(55)71-63)51-33-35-53-52-26-11-13-28-57(52)69(58(53)41-51,48-21-7-5-8-22-48)49-23-9-6-10-24-49/h5-35,38-43H,36-37H2,1-4H3. The summed E-state index contributed by atoms with van der Waals surface area (Å²) < 4.78 is 9.31. The highest BCUT2D eigenvalue weighted by Gasteiger charge is 2.46. The molecule has 0 atom stereocenters. The number of anilines is 3. The average Bonchev–Trinajstić information content (AvgIpc) is 4.09. The number of hydrogen-bond donors (Lipinski definition) is 0. The molecule has 0 spiro atoms. The molecule has 0 radical (unpaired) electrons. The summed E-state index contributed by atoms with van der Waals surface area (Å²) >= 11 is 1.94. The van der Waals surface area contributed by atoms with Crippen LogP contribution in [-0.2, 0) is 16.2 Å². The van der Waals surface area contributed by atoms with E-state index in [0.29, 0.717) is 0 Å². The Kier molecular flexibility index (Phi) is 9.54. The van der Waals surface area contributed by atoms with Gasteiger partial charge < -0.3 is 9.32 Å². The fourth-order valence-electron chi connectivity index (χ4n) is 12.7. The van der Waals surface area contributed by atoms with Crippen molar-refractivity contribution in [3.05, 3.63) is 258 Å². The first kappa shape index (κ1) is 42.9. The Morgan fingerprint density at radius 3 is 1.74 bits per heavy atom. The van der Waals surface area contributed by atoms with Crippen molar-refractivity contribution >= 4 is 70.5 Å². The van der Waals surface area contributed by atoms with Gasteiger partial charge in [0.1, 0.15) is 11.2 Å². The second-order valence-corrected chi connectivity index (χ2v) is 22.5. The zero-order chi connectivity index (χ0) is 48.3. The van der Waals surface area contributed by atoms with Crippen molar-refractivity contribution in [2.24, 2.45) is 0 Å². The normalized spacial score (nSPS) is 15.2. The van der Waals surface area contributed by atoms with Crippen molar-refractivity contribution in [2.75, 3.05) is 4.90 Å². The molecule has 2 aliphatic rings. The highest BCUT2D eigenvalue weighted by molar-refractivity contribution is 7.25. The maximum atomic E-state index is 6.59. The first-order valence-electron chi connectivity index (χ1n) is 25.4. The van der Waals surface area contributed by atoms with E-state index in [0.717, 1.165) is 44.6 Å². The minimum absolute atomic E-state index is 0.174. The monoisotopic (exact) mass is 943 g/mol. The molecule has 0 N–H and O–H groups in total. The van der Waals surface area contributed by atoms with Crippen LogP contribution >= 0.6 is 11.3 Å². The number of thiophene rings is 1. The molecule has 346 valence electrons. The van der Waals surface area contributed by atoms with Crippen LogP contribution in [0.1, 0.15) is 73.9 Å². The largest absolute Gasteiger partial charge is 0.456 e. The third-order valence-electron chi connectivity index (χ3n) is 16.4. The number of nitrogens with zero attached hydrogens (tertiary/aromatic N) is 1. The van der Waals surface area contributed by atoms with Crippen LogP contribution in [0.25, 0.3) is 75.5 Å². The van der Waals surface area contributed by atoms with Crippen LogP contribution in [0.2, 0.25) is 0 Å². The van der Waals surface area contributed by atoms with Gasteiger partial charge in [0, 0.05) is 36.9 Å². The first-order valence-corrected chi connectivity index (χ1v) is 26.3. The van der Waals surface area contributed by atoms with Crippen LogP contribution in [0.15, 0.2) is 229 Å². The molecular formula is C69H53NOS. The second-order valence-electron chi connectivity index (χ2n) is 21.4. The molecule has 0 unspecified atom stereocenters. The molecule has 0 saturated carbocycles. The molecule has 10 aromatic carbocycles. The molecule has 2 aromatic heterocycles. The molecule has 0 aliphatic heterocycles. The Hall–Kier alpha value is -7.98. The van der Waals surface area contributed by atoms with E-state index >= 15 is 0 Å². The number of fused-ring (bicyclic) bond motifs is 10. The molecule has 0 bridgehead atoms. The highest BCUT2D eigenvalue weighted by atomic mass is 32.1. The SMILES string of the molecule is CC1(C)CCC(C)(C)c2cc3c(cc21)sc1cc(-c2cccc(-c4cccc(N(c5ccc6c(c5)C(c5ccccc5)(c5ccccc5)c5ccccc5-6)c5cccc6oc7ccccc7c56)c4)c2)ccc13. The van der Waals surface area contributed by atoms with E-state index in [2.05, 4.69) is 257 Å². The summed E-state index contributed by atoms with van der Waals surface area (Å²) in [6.07, 6.45) is 2.43.